The Morgan fingerprint density at radius 1 is 1.62 bits per heavy atom. The van der Waals surface area contributed by atoms with E-state index in [4.69, 9.17) is 4.52 Å². The van der Waals surface area contributed by atoms with E-state index in [-0.39, 0.29) is 0 Å². The van der Waals surface area contributed by atoms with Gasteiger partial charge >= 0.3 is 0 Å². The normalized spacial score (nSPS) is 28.1. The summed E-state index contributed by atoms with van der Waals surface area (Å²) in [7, 11) is 0. The summed E-state index contributed by atoms with van der Waals surface area (Å²) in [5, 5.41) is 7.35. The zero-order chi connectivity index (χ0) is 9.10. The molecule has 0 spiro atoms. The number of rotatable bonds is 3. The predicted molar refractivity (Wildman–Crippen MR) is 50.1 cm³/mol. The van der Waals surface area contributed by atoms with Gasteiger partial charge in [-0.25, -0.2) is 0 Å². The lowest BCUT2D eigenvalue weighted by atomic mass is 10.1. The van der Waals surface area contributed by atoms with Crippen LogP contribution < -0.4 is 5.32 Å². The van der Waals surface area contributed by atoms with Crippen molar-refractivity contribution in [1.82, 2.24) is 10.5 Å². The molecule has 0 aromatic carbocycles. The molecule has 2 atom stereocenters. The molecule has 3 heteroatoms. The number of nitrogens with one attached hydrogen (secondary N) is 1. The Labute approximate surface area is 78.5 Å². The summed E-state index contributed by atoms with van der Waals surface area (Å²) in [5.74, 6) is 0.884. The van der Waals surface area contributed by atoms with Crippen molar-refractivity contribution in [3.63, 3.8) is 0 Å². The summed E-state index contributed by atoms with van der Waals surface area (Å²) in [6.07, 6.45) is 5.58. The van der Waals surface area contributed by atoms with Crippen LogP contribution in [0.4, 0.5) is 0 Å². The molecule has 2 unspecified atom stereocenters. The van der Waals surface area contributed by atoms with Gasteiger partial charge in [-0.2, -0.15) is 0 Å². The molecule has 1 aliphatic carbocycles. The van der Waals surface area contributed by atoms with Gasteiger partial charge in [0, 0.05) is 18.7 Å². The van der Waals surface area contributed by atoms with Crippen molar-refractivity contribution in [3.05, 3.63) is 18.0 Å². The van der Waals surface area contributed by atoms with Crippen molar-refractivity contribution in [2.24, 2.45) is 5.92 Å². The standard InChI is InChI=1S/C10H16N2O/c1-8-2-3-9(6-8)11-7-10-4-5-13-12-10/h4-5,8-9,11H,2-3,6-7H2,1H3. The summed E-state index contributed by atoms with van der Waals surface area (Å²) in [5.41, 5.74) is 1.000. The maximum absolute atomic E-state index is 4.76. The topological polar surface area (TPSA) is 38.1 Å². The zero-order valence-electron chi connectivity index (χ0n) is 7.99. The van der Waals surface area contributed by atoms with E-state index in [1.165, 1.54) is 19.3 Å². The number of hydrogen-bond donors (Lipinski definition) is 1. The Kier molecular flexibility index (Phi) is 2.64. The summed E-state index contributed by atoms with van der Waals surface area (Å²) in [6.45, 7) is 3.16. The third-order valence-corrected chi connectivity index (χ3v) is 2.76. The highest BCUT2D eigenvalue weighted by Crippen LogP contribution is 2.24. The molecule has 1 saturated carbocycles. The monoisotopic (exact) mass is 180 g/mol. The van der Waals surface area contributed by atoms with Crippen LogP contribution in [0, 0.1) is 5.92 Å². The minimum absolute atomic E-state index is 0.687. The minimum atomic E-state index is 0.687. The molecule has 0 bridgehead atoms. The summed E-state index contributed by atoms with van der Waals surface area (Å²) in [6, 6.07) is 2.59. The third-order valence-electron chi connectivity index (χ3n) is 2.76. The van der Waals surface area contributed by atoms with Crippen LogP contribution in [0.15, 0.2) is 16.9 Å². The molecule has 0 amide bonds. The largest absolute Gasteiger partial charge is 0.364 e. The van der Waals surface area contributed by atoms with Crippen LogP contribution in [-0.4, -0.2) is 11.2 Å². The maximum atomic E-state index is 4.76. The first kappa shape index (κ1) is 8.75. The van der Waals surface area contributed by atoms with Gasteiger partial charge in [-0.1, -0.05) is 12.1 Å². The fraction of sp³-hybridized carbons (Fsp3) is 0.700. The summed E-state index contributed by atoms with van der Waals surface area (Å²) in [4.78, 5) is 0. The summed E-state index contributed by atoms with van der Waals surface area (Å²) >= 11 is 0. The van der Waals surface area contributed by atoms with Crippen LogP contribution in [0.25, 0.3) is 0 Å². The molecule has 0 radical (unpaired) electrons. The Morgan fingerprint density at radius 3 is 3.15 bits per heavy atom. The fourth-order valence-corrected chi connectivity index (χ4v) is 1.97. The summed E-state index contributed by atoms with van der Waals surface area (Å²) < 4.78 is 4.76. The van der Waals surface area contributed by atoms with Gasteiger partial charge in [0.1, 0.15) is 6.26 Å². The fourth-order valence-electron chi connectivity index (χ4n) is 1.97. The van der Waals surface area contributed by atoms with Gasteiger partial charge in [-0.15, -0.1) is 0 Å². The second-order valence-electron chi connectivity index (χ2n) is 3.99. The van der Waals surface area contributed by atoms with Crippen molar-refractivity contribution in [2.45, 2.75) is 38.8 Å². The van der Waals surface area contributed by atoms with Gasteiger partial charge in [0.25, 0.3) is 0 Å². The Balaban J connectivity index is 1.74. The van der Waals surface area contributed by atoms with E-state index in [9.17, 15) is 0 Å². The Bertz CT molecular complexity index is 245. The maximum Gasteiger partial charge on any atom is 0.124 e. The van der Waals surface area contributed by atoms with Crippen molar-refractivity contribution < 1.29 is 4.52 Å². The highest BCUT2D eigenvalue weighted by atomic mass is 16.5. The SMILES string of the molecule is CC1CCC(NCc2ccon2)C1. The molecule has 1 aliphatic rings. The van der Waals surface area contributed by atoms with Crippen molar-refractivity contribution in [1.29, 1.82) is 0 Å². The number of nitrogens with zero attached hydrogens (tertiary/aromatic N) is 1. The average Bonchev–Trinajstić information content (AvgIpc) is 2.71. The van der Waals surface area contributed by atoms with Gasteiger partial charge < -0.3 is 9.84 Å². The lowest BCUT2D eigenvalue weighted by molar-refractivity contribution is 0.403. The van der Waals surface area contributed by atoms with Crippen LogP contribution in [0.3, 0.4) is 0 Å². The van der Waals surface area contributed by atoms with E-state index in [2.05, 4.69) is 17.4 Å². The van der Waals surface area contributed by atoms with Crippen LogP contribution in [-0.2, 0) is 6.54 Å². The molecular weight excluding hydrogens is 164 g/mol. The van der Waals surface area contributed by atoms with Crippen LogP contribution in [0.5, 0.6) is 0 Å². The Hall–Kier alpha value is -0.830. The first-order chi connectivity index (χ1) is 6.34. The van der Waals surface area contributed by atoms with Crippen LogP contribution in [0.2, 0.25) is 0 Å². The van der Waals surface area contributed by atoms with Crippen molar-refractivity contribution in [3.8, 4) is 0 Å². The van der Waals surface area contributed by atoms with E-state index < -0.39 is 0 Å². The van der Waals surface area contributed by atoms with Gasteiger partial charge in [-0.05, 0) is 25.2 Å². The van der Waals surface area contributed by atoms with Crippen molar-refractivity contribution in [2.75, 3.05) is 0 Å². The molecule has 1 aromatic heterocycles. The smallest absolute Gasteiger partial charge is 0.124 e. The van der Waals surface area contributed by atoms with Crippen LogP contribution in [0.1, 0.15) is 31.9 Å². The number of hydrogen-bond acceptors (Lipinski definition) is 3. The minimum Gasteiger partial charge on any atom is -0.364 e. The van der Waals surface area contributed by atoms with Crippen LogP contribution >= 0.6 is 0 Å². The number of aromatic nitrogens is 1. The molecule has 1 heterocycles. The highest BCUT2D eigenvalue weighted by molar-refractivity contribution is 4.95. The van der Waals surface area contributed by atoms with Gasteiger partial charge in [0.15, 0.2) is 0 Å². The molecule has 0 aliphatic heterocycles. The van der Waals surface area contributed by atoms with E-state index >= 15 is 0 Å². The quantitative estimate of drug-likeness (QED) is 0.772. The molecule has 1 N–H and O–H groups in total. The molecule has 13 heavy (non-hydrogen) atoms. The second kappa shape index (κ2) is 3.92. The van der Waals surface area contributed by atoms with E-state index in [1.807, 2.05) is 6.07 Å². The predicted octanol–water partition coefficient (Wildman–Crippen LogP) is 1.95. The molecule has 1 fully saturated rings. The lowest BCUT2D eigenvalue weighted by Crippen LogP contribution is -2.25. The average molecular weight is 180 g/mol. The zero-order valence-corrected chi connectivity index (χ0v) is 7.99. The third kappa shape index (κ3) is 2.31. The molecule has 0 saturated heterocycles. The first-order valence-corrected chi connectivity index (χ1v) is 4.97. The Morgan fingerprint density at radius 2 is 2.54 bits per heavy atom. The van der Waals surface area contributed by atoms with Gasteiger partial charge in [0.05, 0.1) is 5.69 Å². The molecule has 1 aromatic rings. The molecular formula is C10H16N2O. The second-order valence-corrected chi connectivity index (χ2v) is 3.99. The van der Waals surface area contributed by atoms with Gasteiger partial charge in [-0.3, -0.25) is 0 Å². The molecule has 2 rings (SSSR count). The van der Waals surface area contributed by atoms with E-state index in [0.717, 1.165) is 18.2 Å². The molecule has 3 nitrogen and oxygen atoms in total. The molecule has 72 valence electrons. The van der Waals surface area contributed by atoms with Gasteiger partial charge in [0.2, 0.25) is 0 Å². The first-order valence-electron chi connectivity index (χ1n) is 4.97. The highest BCUT2D eigenvalue weighted by Gasteiger charge is 2.20. The lowest BCUT2D eigenvalue weighted by Gasteiger charge is -2.09. The van der Waals surface area contributed by atoms with E-state index in [1.54, 1.807) is 6.26 Å². The van der Waals surface area contributed by atoms with E-state index in [0.29, 0.717) is 6.04 Å². The van der Waals surface area contributed by atoms with Crippen molar-refractivity contribution >= 4 is 0 Å².